The Bertz CT molecular complexity index is 625. The first-order valence-electron chi connectivity index (χ1n) is 9.00. The van der Waals surface area contributed by atoms with Gasteiger partial charge in [-0.05, 0) is 49.9 Å². The van der Waals surface area contributed by atoms with E-state index in [0.717, 1.165) is 50.1 Å². The number of rotatable bonds is 7. The summed E-state index contributed by atoms with van der Waals surface area (Å²) in [6.45, 7) is 3.02. The predicted molar refractivity (Wildman–Crippen MR) is 95.3 cm³/mol. The lowest BCUT2D eigenvalue weighted by Crippen LogP contribution is -2.45. The third-order valence-electron chi connectivity index (χ3n) is 5.45. The first kappa shape index (κ1) is 17.7. The molecule has 6 nitrogen and oxygen atoms in total. The monoisotopic (exact) mass is 345 g/mol. The van der Waals surface area contributed by atoms with Crippen molar-refractivity contribution in [1.29, 1.82) is 0 Å². The number of carbonyl (C=O) groups excluding carboxylic acids is 2. The highest BCUT2D eigenvalue weighted by molar-refractivity contribution is 5.91. The third-order valence-corrected chi connectivity index (χ3v) is 5.45. The van der Waals surface area contributed by atoms with Gasteiger partial charge in [0, 0.05) is 19.6 Å². The standard InChI is InChI=1S/C19H27N3O3/c1-25-16-6-4-15(5-7-16)19(8-9-19)18(24)21-10-12-22-11-2-3-14(13-22)17(20)23/h4-7,14H,2-3,8-13H2,1H3,(H2,20,23)(H,21,24). The molecule has 0 aromatic heterocycles. The maximum absolute atomic E-state index is 12.7. The van der Waals surface area contributed by atoms with Gasteiger partial charge in [0.25, 0.3) is 0 Å². The molecule has 1 aliphatic carbocycles. The number of hydrogen-bond acceptors (Lipinski definition) is 4. The zero-order valence-corrected chi connectivity index (χ0v) is 14.8. The van der Waals surface area contributed by atoms with Gasteiger partial charge in [0.05, 0.1) is 18.4 Å². The van der Waals surface area contributed by atoms with Crippen LogP contribution in [0.25, 0.3) is 0 Å². The number of carbonyl (C=O) groups is 2. The number of amides is 2. The summed E-state index contributed by atoms with van der Waals surface area (Å²) in [6.07, 6.45) is 3.63. The Hall–Kier alpha value is -2.08. The molecule has 2 aliphatic rings. The Kier molecular flexibility index (Phi) is 5.27. The Balaban J connectivity index is 1.49. The van der Waals surface area contributed by atoms with Gasteiger partial charge in [-0.3, -0.25) is 9.59 Å². The van der Waals surface area contributed by atoms with Crippen LogP contribution in [0.3, 0.4) is 0 Å². The van der Waals surface area contributed by atoms with E-state index in [0.29, 0.717) is 13.1 Å². The first-order chi connectivity index (χ1) is 12.0. The van der Waals surface area contributed by atoms with Gasteiger partial charge in [-0.1, -0.05) is 12.1 Å². The van der Waals surface area contributed by atoms with Crippen molar-refractivity contribution in [2.45, 2.75) is 31.1 Å². The number of primary amides is 1. The van der Waals surface area contributed by atoms with Crippen LogP contribution in [0, 0.1) is 5.92 Å². The summed E-state index contributed by atoms with van der Waals surface area (Å²) >= 11 is 0. The number of nitrogens with two attached hydrogens (primary N) is 1. The summed E-state index contributed by atoms with van der Waals surface area (Å²) < 4.78 is 5.18. The molecule has 136 valence electrons. The SMILES string of the molecule is COc1ccc(C2(C(=O)NCCN3CCCC(C(N)=O)C3)CC2)cc1. The van der Waals surface area contributed by atoms with E-state index in [4.69, 9.17) is 10.5 Å². The lowest BCUT2D eigenvalue weighted by molar-refractivity contribution is -0.125. The molecule has 0 bridgehead atoms. The van der Waals surface area contributed by atoms with E-state index in [1.165, 1.54) is 0 Å². The van der Waals surface area contributed by atoms with Gasteiger partial charge in [-0.15, -0.1) is 0 Å². The van der Waals surface area contributed by atoms with Crippen molar-refractivity contribution in [3.63, 3.8) is 0 Å². The zero-order chi connectivity index (χ0) is 17.9. The van der Waals surface area contributed by atoms with Gasteiger partial charge in [0.15, 0.2) is 0 Å². The Morgan fingerprint density at radius 3 is 2.64 bits per heavy atom. The van der Waals surface area contributed by atoms with Crippen LogP contribution in [0.1, 0.15) is 31.2 Å². The quantitative estimate of drug-likeness (QED) is 0.773. The molecular formula is C19H27N3O3. The summed E-state index contributed by atoms with van der Waals surface area (Å²) in [6, 6.07) is 7.77. The van der Waals surface area contributed by atoms with Crippen molar-refractivity contribution in [3.05, 3.63) is 29.8 Å². The lowest BCUT2D eigenvalue weighted by Gasteiger charge is -2.31. The maximum Gasteiger partial charge on any atom is 0.230 e. The average molecular weight is 345 g/mol. The molecule has 0 spiro atoms. The van der Waals surface area contributed by atoms with Gasteiger partial charge < -0.3 is 20.7 Å². The van der Waals surface area contributed by atoms with E-state index in [9.17, 15) is 9.59 Å². The number of likely N-dealkylation sites (tertiary alicyclic amines) is 1. The molecule has 0 radical (unpaired) electrons. The molecule has 1 aromatic carbocycles. The molecule has 1 atom stereocenters. The van der Waals surface area contributed by atoms with Crippen LogP contribution in [-0.2, 0) is 15.0 Å². The van der Waals surface area contributed by atoms with Gasteiger partial charge in [-0.25, -0.2) is 0 Å². The van der Waals surface area contributed by atoms with E-state index in [1.807, 2.05) is 24.3 Å². The van der Waals surface area contributed by atoms with Crippen LogP contribution < -0.4 is 15.8 Å². The summed E-state index contributed by atoms with van der Waals surface area (Å²) in [5.41, 5.74) is 6.09. The minimum atomic E-state index is -0.371. The van der Waals surface area contributed by atoms with Crippen molar-refractivity contribution in [1.82, 2.24) is 10.2 Å². The van der Waals surface area contributed by atoms with Crippen LogP contribution in [0.15, 0.2) is 24.3 Å². The molecule has 6 heteroatoms. The number of nitrogens with one attached hydrogen (secondary N) is 1. The van der Waals surface area contributed by atoms with E-state index < -0.39 is 0 Å². The topological polar surface area (TPSA) is 84.7 Å². The Morgan fingerprint density at radius 2 is 2.04 bits per heavy atom. The normalized spacial score (nSPS) is 22.2. The highest BCUT2D eigenvalue weighted by atomic mass is 16.5. The Morgan fingerprint density at radius 1 is 1.32 bits per heavy atom. The molecule has 25 heavy (non-hydrogen) atoms. The highest BCUT2D eigenvalue weighted by Crippen LogP contribution is 2.48. The van der Waals surface area contributed by atoms with Crippen LogP contribution in [0.2, 0.25) is 0 Å². The van der Waals surface area contributed by atoms with Crippen molar-refractivity contribution in [2.24, 2.45) is 11.7 Å². The second-order valence-corrected chi connectivity index (χ2v) is 7.11. The van der Waals surface area contributed by atoms with Crippen LogP contribution in [0.5, 0.6) is 5.75 Å². The van der Waals surface area contributed by atoms with Crippen LogP contribution >= 0.6 is 0 Å². The fourth-order valence-corrected chi connectivity index (χ4v) is 3.67. The molecule has 1 heterocycles. The number of methoxy groups -OCH3 is 1. The molecule has 3 rings (SSSR count). The van der Waals surface area contributed by atoms with Crippen LogP contribution in [0.4, 0.5) is 0 Å². The van der Waals surface area contributed by atoms with E-state index in [-0.39, 0.29) is 23.1 Å². The first-order valence-corrected chi connectivity index (χ1v) is 9.00. The van der Waals surface area contributed by atoms with Gasteiger partial charge in [-0.2, -0.15) is 0 Å². The molecule has 1 saturated heterocycles. The minimum absolute atomic E-state index is 0.0569. The fraction of sp³-hybridized carbons (Fsp3) is 0.579. The highest BCUT2D eigenvalue weighted by Gasteiger charge is 2.51. The Labute approximate surface area is 148 Å². The molecule has 1 aromatic rings. The van der Waals surface area contributed by atoms with Crippen molar-refractivity contribution >= 4 is 11.8 Å². The van der Waals surface area contributed by atoms with Gasteiger partial charge in [0.2, 0.25) is 11.8 Å². The summed E-state index contributed by atoms with van der Waals surface area (Å²) in [7, 11) is 1.64. The smallest absolute Gasteiger partial charge is 0.230 e. The largest absolute Gasteiger partial charge is 0.497 e. The maximum atomic E-state index is 12.7. The molecular weight excluding hydrogens is 318 g/mol. The van der Waals surface area contributed by atoms with E-state index in [1.54, 1.807) is 7.11 Å². The molecule has 2 fully saturated rings. The van der Waals surface area contributed by atoms with Crippen molar-refractivity contribution < 1.29 is 14.3 Å². The van der Waals surface area contributed by atoms with Gasteiger partial charge >= 0.3 is 0 Å². The van der Waals surface area contributed by atoms with Crippen molar-refractivity contribution in [3.8, 4) is 5.75 Å². The van der Waals surface area contributed by atoms with E-state index in [2.05, 4.69) is 10.2 Å². The summed E-state index contributed by atoms with van der Waals surface area (Å²) in [5.74, 6) is 0.624. The molecule has 2 amide bonds. The molecule has 1 unspecified atom stereocenters. The van der Waals surface area contributed by atoms with E-state index >= 15 is 0 Å². The second kappa shape index (κ2) is 7.44. The number of benzene rings is 1. The van der Waals surface area contributed by atoms with Crippen LogP contribution in [-0.4, -0.2) is 50.0 Å². The number of ether oxygens (including phenoxy) is 1. The molecule has 3 N–H and O–H groups in total. The number of hydrogen-bond donors (Lipinski definition) is 2. The lowest BCUT2D eigenvalue weighted by atomic mass is 9.95. The summed E-state index contributed by atoms with van der Waals surface area (Å²) in [5, 5.41) is 3.08. The third kappa shape index (κ3) is 3.95. The average Bonchev–Trinajstić information content (AvgIpc) is 3.44. The minimum Gasteiger partial charge on any atom is -0.497 e. The van der Waals surface area contributed by atoms with Crippen molar-refractivity contribution in [2.75, 3.05) is 33.3 Å². The van der Waals surface area contributed by atoms with Gasteiger partial charge in [0.1, 0.15) is 5.75 Å². The molecule has 1 aliphatic heterocycles. The second-order valence-electron chi connectivity index (χ2n) is 7.11. The zero-order valence-electron chi connectivity index (χ0n) is 14.8. The number of nitrogens with zero attached hydrogens (tertiary/aromatic N) is 1. The fourth-order valence-electron chi connectivity index (χ4n) is 3.67. The number of piperidine rings is 1. The summed E-state index contributed by atoms with van der Waals surface area (Å²) in [4.78, 5) is 26.2. The predicted octanol–water partition coefficient (Wildman–Crippen LogP) is 1.04. The molecule has 1 saturated carbocycles.